The molecule has 0 bridgehead atoms. The number of benzene rings is 2. The first-order valence-corrected chi connectivity index (χ1v) is 7.11. The monoisotopic (exact) mass is 279 g/mol. The zero-order chi connectivity index (χ0) is 14.7. The Morgan fingerprint density at radius 3 is 2.57 bits per heavy atom. The molecule has 0 unspecified atom stereocenters. The maximum absolute atomic E-state index is 11.3. The van der Waals surface area contributed by atoms with Crippen molar-refractivity contribution in [2.24, 2.45) is 0 Å². The molecule has 0 aliphatic rings. The van der Waals surface area contributed by atoms with Gasteiger partial charge in [0.2, 0.25) is 0 Å². The van der Waals surface area contributed by atoms with Gasteiger partial charge in [0, 0.05) is 18.1 Å². The zero-order valence-corrected chi connectivity index (χ0v) is 11.7. The van der Waals surface area contributed by atoms with E-state index in [1.807, 2.05) is 41.1 Å². The van der Waals surface area contributed by atoms with Crippen LogP contribution in [0.1, 0.15) is 22.3 Å². The predicted molar refractivity (Wildman–Crippen MR) is 83.7 cm³/mol. The van der Waals surface area contributed by atoms with Gasteiger partial charge < -0.3 is 9.67 Å². The number of nitrogens with zero attached hydrogens (tertiary/aromatic N) is 1. The standard InChI is InChI=1S/C18H17NO2/c20-18(21)16-10-4-9-15-11-13-19(17(15)16)12-5-8-14-6-2-1-3-7-14/h1-4,6-7,9-11,13H,5,8,12H2,(H,20,21). The van der Waals surface area contributed by atoms with Crippen LogP contribution in [0.4, 0.5) is 0 Å². The van der Waals surface area contributed by atoms with Gasteiger partial charge in [-0.2, -0.15) is 0 Å². The SMILES string of the molecule is O=C(O)c1cccc2ccn(CCCc3ccccc3)c12. The van der Waals surface area contributed by atoms with E-state index in [0.29, 0.717) is 5.56 Å². The molecule has 3 aromatic rings. The maximum Gasteiger partial charge on any atom is 0.337 e. The van der Waals surface area contributed by atoms with Crippen LogP contribution in [-0.2, 0) is 13.0 Å². The molecular formula is C18H17NO2. The first kappa shape index (κ1) is 13.4. The molecule has 1 N–H and O–H groups in total. The van der Waals surface area contributed by atoms with E-state index in [-0.39, 0.29) is 0 Å². The highest BCUT2D eigenvalue weighted by atomic mass is 16.4. The molecule has 0 spiro atoms. The maximum atomic E-state index is 11.3. The van der Waals surface area contributed by atoms with Gasteiger partial charge in [-0.1, -0.05) is 42.5 Å². The van der Waals surface area contributed by atoms with E-state index in [1.165, 1.54) is 5.56 Å². The van der Waals surface area contributed by atoms with Gasteiger partial charge in [-0.15, -0.1) is 0 Å². The highest BCUT2D eigenvalue weighted by Crippen LogP contribution is 2.21. The van der Waals surface area contributed by atoms with Crippen molar-refractivity contribution in [2.75, 3.05) is 0 Å². The largest absolute Gasteiger partial charge is 0.478 e. The van der Waals surface area contributed by atoms with Crippen molar-refractivity contribution >= 4 is 16.9 Å². The number of carboxylic acids is 1. The van der Waals surface area contributed by atoms with E-state index in [1.54, 1.807) is 12.1 Å². The molecule has 1 heterocycles. The first-order chi connectivity index (χ1) is 10.3. The van der Waals surface area contributed by atoms with Crippen LogP contribution in [0, 0.1) is 0 Å². The normalized spacial score (nSPS) is 10.9. The summed E-state index contributed by atoms with van der Waals surface area (Å²) in [5.41, 5.74) is 2.50. The molecule has 0 aliphatic heterocycles. The smallest absolute Gasteiger partial charge is 0.337 e. The minimum Gasteiger partial charge on any atom is -0.478 e. The summed E-state index contributed by atoms with van der Waals surface area (Å²) in [6.45, 7) is 0.822. The minimum absolute atomic E-state index is 0.372. The van der Waals surface area contributed by atoms with Crippen molar-refractivity contribution in [1.82, 2.24) is 4.57 Å². The Balaban J connectivity index is 1.80. The molecule has 106 valence electrons. The molecule has 2 aromatic carbocycles. The molecule has 0 saturated heterocycles. The van der Waals surface area contributed by atoms with Gasteiger partial charge in [0.25, 0.3) is 0 Å². The lowest BCUT2D eigenvalue weighted by atomic mass is 10.1. The predicted octanol–water partition coefficient (Wildman–Crippen LogP) is 3.97. The highest BCUT2D eigenvalue weighted by molar-refractivity contribution is 6.02. The lowest BCUT2D eigenvalue weighted by Crippen LogP contribution is -2.04. The van der Waals surface area contributed by atoms with Crippen molar-refractivity contribution in [3.05, 3.63) is 71.9 Å². The van der Waals surface area contributed by atoms with Crippen LogP contribution in [0.25, 0.3) is 10.9 Å². The zero-order valence-electron chi connectivity index (χ0n) is 11.7. The van der Waals surface area contributed by atoms with E-state index in [4.69, 9.17) is 0 Å². The quantitative estimate of drug-likeness (QED) is 0.767. The molecular weight excluding hydrogens is 262 g/mol. The van der Waals surface area contributed by atoms with Gasteiger partial charge in [-0.05, 0) is 30.5 Å². The van der Waals surface area contributed by atoms with Crippen LogP contribution >= 0.6 is 0 Å². The second kappa shape index (κ2) is 5.83. The Bertz CT molecular complexity index is 759. The van der Waals surface area contributed by atoms with Crippen molar-refractivity contribution in [3.63, 3.8) is 0 Å². The summed E-state index contributed by atoms with van der Waals surface area (Å²) in [5.74, 6) is -0.872. The van der Waals surface area contributed by atoms with Crippen LogP contribution in [0.5, 0.6) is 0 Å². The van der Waals surface area contributed by atoms with E-state index in [2.05, 4.69) is 12.1 Å². The van der Waals surface area contributed by atoms with Gasteiger partial charge in [0.15, 0.2) is 0 Å². The Labute approximate surface area is 123 Å². The summed E-state index contributed by atoms with van der Waals surface area (Å²) in [6.07, 6.45) is 3.96. The third-order valence-corrected chi connectivity index (χ3v) is 3.73. The third-order valence-electron chi connectivity index (χ3n) is 3.73. The molecule has 0 amide bonds. The summed E-state index contributed by atoms with van der Waals surface area (Å²) >= 11 is 0. The second-order valence-electron chi connectivity index (χ2n) is 5.15. The molecule has 3 heteroatoms. The van der Waals surface area contributed by atoms with E-state index < -0.39 is 5.97 Å². The topological polar surface area (TPSA) is 42.2 Å². The lowest BCUT2D eigenvalue weighted by Gasteiger charge is -2.08. The molecule has 1 aromatic heterocycles. The number of hydrogen-bond donors (Lipinski definition) is 1. The molecule has 0 fully saturated rings. The fourth-order valence-electron chi connectivity index (χ4n) is 2.72. The first-order valence-electron chi connectivity index (χ1n) is 7.11. The average molecular weight is 279 g/mol. The fraction of sp³-hybridized carbons (Fsp3) is 0.167. The minimum atomic E-state index is -0.872. The third kappa shape index (κ3) is 2.82. The summed E-state index contributed by atoms with van der Waals surface area (Å²) in [5, 5.41) is 10.3. The van der Waals surface area contributed by atoms with Gasteiger partial charge in [0.1, 0.15) is 0 Å². The number of aromatic carboxylic acids is 1. The lowest BCUT2D eigenvalue weighted by molar-refractivity contribution is 0.0698. The average Bonchev–Trinajstić information content (AvgIpc) is 2.91. The number of aromatic nitrogens is 1. The van der Waals surface area contributed by atoms with E-state index in [9.17, 15) is 9.90 Å². The Morgan fingerprint density at radius 2 is 1.81 bits per heavy atom. The highest BCUT2D eigenvalue weighted by Gasteiger charge is 2.11. The van der Waals surface area contributed by atoms with E-state index in [0.717, 1.165) is 30.3 Å². The van der Waals surface area contributed by atoms with Crippen molar-refractivity contribution < 1.29 is 9.90 Å². The van der Waals surface area contributed by atoms with Gasteiger partial charge in [0.05, 0.1) is 11.1 Å². The Morgan fingerprint density at radius 1 is 1.00 bits per heavy atom. The summed E-state index contributed by atoms with van der Waals surface area (Å²) in [4.78, 5) is 11.3. The number of hydrogen-bond acceptors (Lipinski definition) is 1. The number of carboxylic acid groups (broad SMARTS) is 1. The number of rotatable bonds is 5. The Kier molecular flexibility index (Phi) is 3.73. The number of para-hydroxylation sites is 1. The molecule has 3 rings (SSSR count). The summed E-state index contributed by atoms with van der Waals surface area (Å²) in [6, 6.07) is 17.7. The van der Waals surface area contributed by atoms with Crippen LogP contribution in [0.3, 0.4) is 0 Å². The summed E-state index contributed by atoms with van der Waals surface area (Å²) < 4.78 is 2.04. The van der Waals surface area contributed by atoms with Crippen LogP contribution in [0.2, 0.25) is 0 Å². The molecule has 3 nitrogen and oxygen atoms in total. The molecule has 0 saturated carbocycles. The van der Waals surface area contributed by atoms with Gasteiger partial charge in [-0.25, -0.2) is 4.79 Å². The van der Waals surface area contributed by atoms with Crippen LogP contribution in [0.15, 0.2) is 60.8 Å². The number of carbonyl (C=O) groups is 1. The molecule has 0 radical (unpaired) electrons. The van der Waals surface area contributed by atoms with E-state index >= 15 is 0 Å². The van der Waals surface area contributed by atoms with Crippen molar-refractivity contribution in [2.45, 2.75) is 19.4 Å². The molecule has 0 aliphatic carbocycles. The van der Waals surface area contributed by atoms with Crippen LogP contribution in [-0.4, -0.2) is 15.6 Å². The van der Waals surface area contributed by atoms with Gasteiger partial charge in [-0.3, -0.25) is 0 Å². The second-order valence-corrected chi connectivity index (χ2v) is 5.15. The van der Waals surface area contributed by atoms with Crippen molar-refractivity contribution in [3.8, 4) is 0 Å². The van der Waals surface area contributed by atoms with Crippen molar-refractivity contribution in [1.29, 1.82) is 0 Å². The number of fused-ring (bicyclic) bond motifs is 1. The van der Waals surface area contributed by atoms with Crippen LogP contribution < -0.4 is 0 Å². The molecule has 0 atom stereocenters. The molecule has 21 heavy (non-hydrogen) atoms. The number of aryl methyl sites for hydroxylation is 2. The Hall–Kier alpha value is -2.55. The van der Waals surface area contributed by atoms with Gasteiger partial charge >= 0.3 is 5.97 Å². The fourth-order valence-corrected chi connectivity index (χ4v) is 2.72. The summed E-state index contributed by atoms with van der Waals surface area (Å²) in [7, 11) is 0.